The van der Waals surface area contributed by atoms with Crippen molar-refractivity contribution in [1.29, 1.82) is 0 Å². The van der Waals surface area contributed by atoms with Crippen LogP contribution >= 0.6 is 15.9 Å². The van der Waals surface area contributed by atoms with Gasteiger partial charge in [0.25, 0.3) is 0 Å². The Kier molecular flexibility index (Phi) is 5.18. The molecule has 0 bridgehead atoms. The summed E-state index contributed by atoms with van der Waals surface area (Å²) < 4.78 is 12.7. The second-order valence-corrected chi connectivity index (χ2v) is 5.53. The molecule has 3 nitrogen and oxygen atoms in total. The summed E-state index contributed by atoms with van der Waals surface area (Å²) in [4.78, 5) is 0. The van der Waals surface area contributed by atoms with Crippen molar-refractivity contribution in [2.75, 3.05) is 6.61 Å². The molecule has 0 spiro atoms. The SMILES string of the molecule is CCCOC1C(N)CC1OCc1ccccc1Br. The average Bonchev–Trinajstić information content (AvgIpc) is 2.36. The monoisotopic (exact) mass is 313 g/mol. The average molecular weight is 314 g/mol. The van der Waals surface area contributed by atoms with Gasteiger partial charge in [-0.25, -0.2) is 0 Å². The van der Waals surface area contributed by atoms with E-state index in [9.17, 15) is 0 Å². The number of nitrogens with two attached hydrogens (primary N) is 1. The van der Waals surface area contributed by atoms with Gasteiger partial charge in [-0.2, -0.15) is 0 Å². The highest BCUT2D eigenvalue weighted by atomic mass is 79.9. The summed E-state index contributed by atoms with van der Waals surface area (Å²) in [6, 6.07) is 8.22. The number of benzene rings is 1. The van der Waals surface area contributed by atoms with Crippen molar-refractivity contribution in [3.05, 3.63) is 34.3 Å². The van der Waals surface area contributed by atoms with Crippen molar-refractivity contribution in [2.24, 2.45) is 5.73 Å². The third kappa shape index (κ3) is 3.32. The van der Waals surface area contributed by atoms with Crippen molar-refractivity contribution in [3.63, 3.8) is 0 Å². The van der Waals surface area contributed by atoms with E-state index in [0.717, 1.165) is 29.5 Å². The molecule has 18 heavy (non-hydrogen) atoms. The molecule has 1 aliphatic rings. The number of rotatable bonds is 6. The number of halogens is 1. The van der Waals surface area contributed by atoms with Crippen molar-refractivity contribution in [2.45, 2.75) is 44.6 Å². The van der Waals surface area contributed by atoms with Gasteiger partial charge in [0.1, 0.15) is 0 Å². The molecule has 0 amide bonds. The van der Waals surface area contributed by atoms with Gasteiger partial charge in [-0.15, -0.1) is 0 Å². The Balaban J connectivity index is 1.82. The number of hydrogen-bond donors (Lipinski definition) is 1. The van der Waals surface area contributed by atoms with Crippen LogP contribution in [0.5, 0.6) is 0 Å². The fraction of sp³-hybridized carbons (Fsp3) is 0.571. The van der Waals surface area contributed by atoms with Gasteiger partial charge in [0.05, 0.1) is 18.8 Å². The quantitative estimate of drug-likeness (QED) is 0.878. The zero-order valence-corrected chi connectivity index (χ0v) is 12.2. The van der Waals surface area contributed by atoms with Crippen LogP contribution in [0.15, 0.2) is 28.7 Å². The van der Waals surface area contributed by atoms with Crippen LogP contribution in [0.3, 0.4) is 0 Å². The van der Waals surface area contributed by atoms with E-state index in [2.05, 4.69) is 28.9 Å². The summed E-state index contributed by atoms with van der Waals surface area (Å²) in [6.07, 6.45) is 2.10. The predicted molar refractivity (Wildman–Crippen MR) is 75.3 cm³/mol. The van der Waals surface area contributed by atoms with Crippen molar-refractivity contribution < 1.29 is 9.47 Å². The lowest BCUT2D eigenvalue weighted by Gasteiger charge is -2.41. The zero-order chi connectivity index (χ0) is 13.0. The van der Waals surface area contributed by atoms with Crippen LogP contribution in [0.4, 0.5) is 0 Å². The minimum Gasteiger partial charge on any atom is -0.374 e. The summed E-state index contributed by atoms with van der Waals surface area (Å²) >= 11 is 3.52. The van der Waals surface area contributed by atoms with Crippen LogP contribution in [-0.2, 0) is 16.1 Å². The molecule has 3 atom stereocenters. The normalized spacial score (nSPS) is 26.9. The molecule has 3 unspecified atom stereocenters. The van der Waals surface area contributed by atoms with Crippen LogP contribution in [-0.4, -0.2) is 24.9 Å². The van der Waals surface area contributed by atoms with E-state index in [0.29, 0.717) is 6.61 Å². The molecule has 1 fully saturated rings. The van der Waals surface area contributed by atoms with Crippen molar-refractivity contribution >= 4 is 15.9 Å². The summed E-state index contributed by atoms with van der Waals surface area (Å²) in [7, 11) is 0. The number of ether oxygens (including phenoxy) is 2. The summed E-state index contributed by atoms with van der Waals surface area (Å²) in [5.74, 6) is 0. The molecule has 2 N–H and O–H groups in total. The number of hydrogen-bond acceptors (Lipinski definition) is 3. The van der Waals surface area contributed by atoms with E-state index < -0.39 is 0 Å². The van der Waals surface area contributed by atoms with Gasteiger partial charge in [-0.1, -0.05) is 41.1 Å². The minimum atomic E-state index is 0.0624. The van der Waals surface area contributed by atoms with Gasteiger partial charge in [-0.05, 0) is 24.5 Å². The largest absolute Gasteiger partial charge is 0.374 e. The zero-order valence-electron chi connectivity index (χ0n) is 10.6. The molecular formula is C14H20BrNO2. The molecule has 2 rings (SSSR count). The molecule has 0 heterocycles. The molecule has 0 aliphatic heterocycles. The summed E-state index contributed by atoms with van der Waals surface area (Å²) in [5.41, 5.74) is 7.10. The van der Waals surface area contributed by atoms with Gasteiger partial charge >= 0.3 is 0 Å². The second kappa shape index (κ2) is 6.66. The molecule has 0 radical (unpaired) electrons. The molecule has 0 saturated heterocycles. The molecule has 1 aromatic rings. The first-order chi connectivity index (χ1) is 8.72. The Morgan fingerprint density at radius 1 is 1.33 bits per heavy atom. The highest BCUT2D eigenvalue weighted by Crippen LogP contribution is 2.27. The van der Waals surface area contributed by atoms with Crippen LogP contribution in [0, 0.1) is 0 Å². The first kappa shape index (κ1) is 14.0. The van der Waals surface area contributed by atoms with Gasteiger partial charge in [0.2, 0.25) is 0 Å². The Bertz CT molecular complexity index is 386. The van der Waals surface area contributed by atoms with E-state index in [-0.39, 0.29) is 18.2 Å². The van der Waals surface area contributed by atoms with Gasteiger partial charge in [-0.3, -0.25) is 0 Å². The third-order valence-corrected chi connectivity index (χ3v) is 3.99. The van der Waals surface area contributed by atoms with E-state index in [1.54, 1.807) is 0 Å². The van der Waals surface area contributed by atoms with Gasteiger partial charge < -0.3 is 15.2 Å². The van der Waals surface area contributed by atoms with E-state index in [1.165, 1.54) is 0 Å². The van der Waals surface area contributed by atoms with E-state index in [1.807, 2.05) is 18.2 Å². The fourth-order valence-corrected chi connectivity index (χ4v) is 2.48. The second-order valence-electron chi connectivity index (χ2n) is 4.68. The van der Waals surface area contributed by atoms with Crippen LogP contribution < -0.4 is 5.73 Å². The summed E-state index contributed by atoms with van der Waals surface area (Å²) in [6.45, 7) is 3.46. The Morgan fingerprint density at radius 3 is 2.78 bits per heavy atom. The lowest BCUT2D eigenvalue weighted by atomic mass is 9.86. The van der Waals surface area contributed by atoms with Crippen LogP contribution in [0.2, 0.25) is 0 Å². The predicted octanol–water partition coefficient (Wildman–Crippen LogP) is 2.86. The molecule has 1 saturated carbocycles. The Morgan fingerprint density at radius 2 is 2.11 bits per heavy atom. The first-order valence-corrected chi connectivity index (χ1v) is 7.24. The summed E-state index contributed by atoms with van der Waals surface area (Å²) in [5, 5.41) is 0. The highest BCUT2D eigenvalue weighted by Gasteiger charge is 2.40. The Hall–Kier alpha value is -0.420. The van der Waals surface area contributed by atoms with Gasteiger partial charge in [0.15, 0.2) is 0 Å². The Labute approximate surface area is 117 Å². The molecule has 1 aromatic carbocycles. The maximum Gasteiger partial charge on any atom is 0.0988 e. The van der Waals surface area contributed by atoms with Gasteiger partial charge in [0, 0.05) is 17.1 Å². The fourth-order valence-electron chi connectivity index (χ4n) is 2.08. The topological polar surface area (TPSA) is 44.5 Å². The maximum atomic E-state index is 5.94. The van der Waals surface area contributed by atoms with Crippen LogP contribution in [0.1, 0.15) is 25.3 Å². The smallest absolute Gasteiger partial charge is 0.0988 e. The molecule has 100 valence electrons. The minimum absolute atomic E-state index is 0.0624. The van der Waals surface area contributed by atoms with Crippen molar-refractivity contribution in [3.8, 4) is 0 Å². The standard InChI is InChI=1S/C14H20BrNO2/c1-2-7-17-14-12(16)8-13(14)18-9-10-5-3-4-6-11(10)15/h3-6,12-14H,2,7-9,16H2,1H3. The molecule has 1 aliphatic carbocycles. The maximum absolute atomic E-state index is 5.94. The lowest BCUT2D eigenvalue weighted by Crippen LogP contribution is -2.58. The third-order valence-electron chi connectivity index (χ3n) is 3.22. The molecule has 0 aromatic heterocycles. The molecular weight excluding hydrogens is 294 g/mol. The first-order valence-electron chi connectivity index (χ1n) is 6.44. The lowest BCUT2D eigenvalue weighted by molar-refractivity contribution is -0.144. The van der Waals surface area contributed by atoms with E-state index >= 15 is 0 Å². The highest BCUT2D eigenvalue weighted by molar-refractivity contribution is 9.10. The van der Waals surface area contributed by atoms with Crippen LogP contribution in [0.25, 0.3) is 0 Å². The van der Waals surface area contributed by atoms with E-state index in [4.69, 9.17) is 15.2 Å². The van der Waals surface area contributed by atoms with Crippen molar-refractivity contribution in [1.82, 2.24) is 0 Å². The molecule has 4 heteroatoms.